The van der Waals surface area contributed by atoms with Crippen LogP contribution < -0.4 is 10.1 Å². The van der Waals surface area contributed by atoms with Crippen LogP contribution in [0.25, 0.3) is 0 Å². The van der Waals surface area contributed by atoms with E-state index < -0.39 is 0 Å². The van der Waals surface area contributed by atoms with Gasteiger partial charge in [0.15, 0.2) is 0 Å². The summed E-state index contributed by atoms with van der Waals surface area (Å²) in [4.78, 5) is 0. The van der Waals surface area contributed by atoms with Crippen molar-refractivity contribution in [1.29, 1.82) is 0 Å². The lowest BCUT2D eigenvalue weighted by atomic mass is 10.2. The molecule has 0 saturated heterocycles. The van der Waals surface area contributed by atoms with Crippen molar-refractivity contribution in [2.75, 3.05) is 7.05 Å². The maximum atomic E-state index is 6.00. The standard InChI is InChI=1S/C15H14BrCl2NO/c1-19-8-11-3-2-4-12(16)15(11)20-9-10-5-6-13(17)14(18)7-10/h2-7,19H,8-9H2,1H3. The predicted octanol–water partition coefficient (Wildman–Crippen LogP) is 5.05. The summed E-state index contributed by atoms with van der Waals surface area (Å²) in [5.74, 6) is 0.841. The summed E-state index contributed by atoms with van der Waals surface area (Å²) in [6, 6.07) is 11.5. The van der Waals surface area contributed by atoms with Crippen LogP contribution in [-0.2, 0) is 13.2 Å². The fourth-order valence-electron chi connectivity index (χ4n) is 1.83. The number of halogens is 3. The molecule has 2 rings (SSSR count). The maximum absolute atomic E-state index is 6.00. The Morgan fingerprint density at radius 1 is 1.15 bits per heavy atom. The van der Waals surface area contributed by atoms with Gasteiger partial charge in [-0.05, 0) is 46.7 Å². The molecule has 106 valence electrons. The van der Waals surface area contributed by atoms with Crippen molar-refractivity contribution < 1.29 is 4.74 Å². The molecule has 0 aliphatic heterocycles. The van der Waals surface area contributed by atoms with Gasteiger partial charge in [0, 0.05) is 12.1 Å². The SMILES string of the molecule is CNCc1cccc(Br)c1OCc1ccc(Cl)c(Cl)c1. The molecule has 0 bridgehead atoms. The molecule has 0 fully saturated rings. The van der Waals surface area contributed by atoms with Crippen LogP contribution in [0, 0.1) is 0 Å². The summed E-state index contributed by atoms with van der Waals surface area (Å²) >= 11 is 15.4. The maximum Gasteiger partial charge on any atom is 0.138 e. The summed E-state index contributed by atoms with van der Waals surface area (Å²) < 4.78 is 6.85. The number of rotatable bonds is 5. The first-order valence-electron chi connectivity index (χ1n) is 6.10. The Bertz CT molecular complexity index is 604. The Morgan fingerprint density at radius 2 is 1.95 bits per heavy atom. The van der Waals surface area contributed by atoms with Crippen molar-refractivity contribution in [3.8, 4) is 5.75 Å². The molecule has 0 saturated carbocycles. The van der Waals surface area contributed by atoms with Crippen LogP contribution in [0.1, 0.15) is 11.1 Å². The number of nitrogens with one attached hydrogen (secondary N) is 1. The van der Waals surface area contributed by atoms with Gasteiger partial charge >= 0.3 is 0 Å². The lowest BCUT2D eigenvalue weighted by Crippen LogP contribution is -2.08. The van der Waals surface area contributed by atoms with E-state index in [9.17, 15) is 0 Å². The highest BCUT2D eigenvalue weighted by molar-refractivity contribution is 9.10. The van der Waals surface area contributed by atoms with E-state index in [0.29, 0.717) is 16.7 Å². The number of benzene rings is 2. The van der Waals surface area contributed by atoms with Gasteiger partial charge in [-0.2, -0.15) is 0 Å². The van der Waals surface area contributed by atoms with E-state index in [4.69, 9.17) is 27.9 Å². The van der Waals surface area contributed by atoms with Crippen molar-refractivity contribution in [1.82, 2.24) is 5.32 Å². The van der Waals surface area contributed by atoms with E-state index >= 15 is 0 Å². The fourth-order valence-corrected chi connectivity index (χ4v) is 2.67. The van der Waals surface area contributed by atoms with E-state index in [1.165, 1.54) is 0 Å². The molecule has 2 aromatic carbocycles. The lowest BCUT2D eigenvalue weighted by molar-refractivity contribution is 0.300. The molecule has 2 nitrogen and oxygen atoms in total. The number of ether oxygens (including phenoxy) is 1. The molecule has 0 radical (unpaired) electrons. The largest absolute Gasteiger partial charge is 0.487 e. The molecule has 0 aliphatic carbocycles. The van der Waals surface area contributed by atoms with Crippen LogP contribution in [-0.4, -0.2) is 7.05 Å². The average Bonchev–Trinajstić information content (AvgIpc) is 2.42. The minimum absolute atomic E-state index is 0.441. The summed E-state index contributed by atoms with van der Waals surface area (Å²) in [6.45, 7) is 1.19. The van der Waals surface area contributed by atoms with Gasteiger partial charge in [0.25, 0.3) is 0 Å². The Hall–Kier alpha value is -0.740. The topological polar surface area (TPSA) is 21.3 Å². The summed E-state index contributed by atoms with van der Waals surface area (Å²) in [5, 5.41) is 4.21. The van der Waals surface area contributed by atoms with Gasteiger partial charge in [0.2, 0.25) is 0 Å². The first-order chi connectivity index (χ1) is 9.61. The van der Waals surface area contributed by atoms with Crippen LogP contribution in [0.3, 0.4) is 0 Å². The molecule has 0 atom stereocenters. The second-order valence-corrected chi connectivity index (χ2v) is 5.96. The molecular formula is C15H14BrCl2NO. The molecule has 0 aromatic heterocycles. The van der Waals surface area contributed by atoms with Crippen LogP contribution >= 0.6 is 39.1 Å². The molecular weight excluding hydrogens is 361 g/mol. The van der Waals surface area contributed by atoms with E-state index in [1.54, 1.807) is 6.07 Å². The molecule has 2 aromatic rings. The van der Waals surface area contributed by atoms with Crippen molar-refractivity contribution in [2.45, 2.75) is 13.2 Å². The fraction of sp³-hybridized carbons (Fsp3) is 0.200. The van der Waals surface area contributed by atoms with Crippen molar-refractivity contribution in [2.24, 2.45) is 0 Å². The highest BCUT2D eigenvalue weighted by atomic mass is 79.9. The van der Waals surface area contributed by atoms with Gasteiger partial charge in [-0.1, -0.05) is 41.4 Å². The zero-order chi connectivity index (χ0) is 14.5. The van der Waals surface area contributed by atoms with E-state index in [-0.39, 0.29) is 0 Å². The third-order valence-electron chi connectivity index (χ3n) is 2.78. The Labute approximate surface area is 137 Å². The molecule has 0 spiro atoms. The van der Waals surface area contributed by atoms with Crippen LogP contribution in [0.15, 0.2) is 40.9 Å². The van der Waals surface area contributed by atoms with Crippen LogP contribution in [0.5, 0.6) is 5.75 Å². The van der Waals surface area contributed by atoms with Crippen LogP contribution in [0.2, 0.25) is 10.0 Å². The molecule has 0 aliphatic rings. The first-order valence-corrected chi connectivity index (χ1v) is 7.65. The van der Waals surface area contributed by atoms with Gasteiger partial charge in [0.1, 0.15) is 12.4 Å². The molecule has 20 heavy (non-hydrogen) atoms. The summed E-state index contributed by atoms with van der Waals surface area (Å²) in [7, 11) is 1.91. The number of para-hydroxylation sites is 1. The first kappa shape index (κ1) is 15.6. The van der Waals surface area contributed by atoms with Crippen molar-refractivity contribution >= 4 is 39.1 Å². The van der Waals surface area contributed by atoms with Gasteiger partial charge in [-0.15, -0.1) is 0 Å². The van der Waals surface area contributed by atoms with Gasteiger partial charge in [0.05, 0.1) is 14.5 Å². The summed E-state index contributed by atoms with van der Waals surface area (Å²) in [6.07, 6.45) is 0. The van der Waals surface area contributed by atoms with Crippen molar-refractivity contribution in [3.63, 3.8) is 0 Å². The summed E-state index contributed by atoms with van der Waals surface area (Å²) in [5.41, 5.74) is 2.08. The van der Waals surface area contributed by atoms with Gasteiger partial charge in [-0.25, -0.2) is 0 Å². The van der Waals surface area contributed by atoms with E-state index in [1.807, 2.05) is 37.4 Å². The smallest absolute Gasteiger partial charge is 0.138 e. The predicted molar refractivity (Wildman–Crippen MR) is 87.7 cm³/mol. The molecule has 0 unspecified atom stereocenters. The highest BCUT2D eigenvalue weighted by Gasteiger charge is 2.08. The van der Waals surface area contributed by atoms with E-state index in [0.717, 1.165) is 27.9 Å². The zero-order valence-corrected chi connectivity index (χ0v) is 14.0. The minimum atomic E-state index is 0.441. The monoisotopic (exact) mass is 373 g/mol. The average molecular weight is 375 g/mol. The second-order valence-electron chi connectivity index (χ2n) is 4.30. The lowest BCUT2D eigenvalue weighted by Gasteiger charge is -2.13. The van der Waals surface area contributed by atoms with Crippen molar-refractivity contribution in [3.05, 3.63) is 62.0 Å². The number of hydrogen-bond acceptors (Lipinski definition) is 2. The molecule has 1 N–H and O–H groups in total. The molecule has 0 heterocycles. The normalized spacial score (nSPS) is 10.6. The van der Waals surface area contributed by atoms with Crippen LogP contribution in [0.4, 0.5) is 0 Å². The van der Waals surface area contributed by atoms with Gasteiger partial charge < -0.3 is 10.1 Å². The Balaban J connectivity index is 2.15. The Kier molecular flexibility index (Phi) is 5.73. The second kappa shape index (κ2) is 7.32. The molecule has 0 amide bonds. The van der Waals surface area contributed by atoms with E-state index in [2.05, 4.69) is 21.2 Å². The third kappa shape index (κ3) is 3.89. The quantitative estimate of drug-likeness (QED) is 0.790. The molecule has 5 heteroatoms. The number of hydrogen-bond donors (Lipinski definition) is 1. The highest BCUT2D eigenvalue weighted by Crippen LogP contribution is 2.30. The zero-order valence-electron chi connectivity index (χ0n) is 10.9. The third-order valence-corrected chi connectivity index (χ3v) is 4.15. The Morgan fingerprint density at radius 3 is 2.65 bits per heavy atom. The minimum Gasteiger partial charge on any atom is -0.487 e. The van der Waals surface area contributed by atoms with Gasteiger partial charge in [-0.3, -0.25) is 0 Å².